The molecule has 1 amide bonds. The van der Waals surface area contributed by atoms with Crippen LogP contribution in [0.5, 0.6) is 0 Å². The van der Waals surface area contributed by atoms with Crippen molar-refractivity contribution in [3.05, 3.63) is 65.3 Å². The number of hydrogen-bond acceptors (Lipinski definition) is 6. The standard InChI is InChI=1S/C23H28N8O/c1-14-26-21(11-22(27-14)30(4)5)20(10-17-12-24-19-9-7-6-8-18(17)19)28-23(32)13-31-16(3)25-15(2)29-31/h6-9,11-12,20,24H,10,13H2,1-5H3,(H,28,32). The highest BCUT2D eigenvalue weighted by atomic mass is 16.2. The van der Waals surface area contributed by atoms with Gasteiger partial charge in [0.15, 0.2) is 0 Å². The van der Waals surface area contributed by atoms with E-state index in [1.807, 2.05) is 70.2 Å². The van der Waals surface area contributed by atoms with Crippen molar-refractivity contribution < 1.29 is 4.79 Å². The molecule has 166 valence electrons. The van der Waals surface area contributed by atoms with E-state index in [1.54, 1.807) is 4.68 Å². The molecule has 1 aromatic carbocycles. The molecule has 32 heavy (non-hydrogen) atoms. The molecule has 0 aliphatic rings. The van der Waals surface area contributed by atoms with Crippen LogP contribution in [0.4, 0.5) is 5.82 Å². The van der Waals surface area contributed by atoms with Gasteiger partial charge in [-0.3, -0.25) is 4.79 Å². The molecule has 0 aliphatic carbocycles. The Morgan fingerprint density at radius 3 is 2.62 bits per heavy atom. The summed E-state index contributed by atoms with van der Waals surface area (Å²) in [5, 5.41) is 8.60. The third-order valence-corrected chi connectivity index (χ3v) is 5.35. The quantitative estimate of drug-likeness (QED) is 0.465. The molecule has 9 nitrogen and oxygen atoms in total. The summed E-state index contributed by atoms with van der Waals surface area (Å²) in [6, 6.07) is 9.74. The van der Waals surface area contributed by atoms with E-state index in [2.05, 4.69) is 36.4 Å². The van der Waals surface area contributed by atoms with Gasteiger partial charge < -0.3 is 15.2 Å². The number of benzene rings is 1. The number of aromatic nitrogens is 6. The first kappa shape index (κ1) is 21.5. The Kier molecular flexibility index (Phi) is 5.89. The fraction of sp³-hybridized carbons (Fsp3) is 0.348. The van der Waals surface area contributed by atoms with Gasteiger partial charge in [-0.25, -0.2) is 19.6 Å². The van der Waals surface area contributed by atoms with E-state index in [0.717, 1.165) is 28.0 Å². The van der Waals surface area contributed by atoms with Crippen molar-refractivity contribution in [3.8, 4) is 0 Å². The largest absolute Gasteiger partial charge is 0.363 e. The molecule has 1 unspecified atom stereocenters. The topological polar surface area (TPSA) is 105 Å². The summed E-state index contributed by atoms with van der Waals surface area (Å²) in [7, 11) is 3.88. The Hall–Kier alpha value is -3.75. The summed E-state index contributed by atoms with van der Waals surface area (Å²) in [6.07, 6.45) is 2.59. The molecule has 0 aliphatic heterocycles. The van der Waals surface area contributed by atoms with E-state index < -0.39 is 0 Å². The molecule has 1 atom stereocenters. The van der Waals surface area contributed by atoms with Crippen LogP contribution in [0, 0.1) is 20.8 Å². The average molecular weight is 433 g/mol. The van der Waals surface area contributed by atoms with E-state index in [0.29, 0.717) is 23.9 Å². The lowest BCUT2D eigenvalue weighted by Gasteiger charge is -2.21. The minimum Gasteiger partial charge on any atom is -0.363 e. The fourth-order valence-corrected chi connectivity index (χ4v) is 3.82. The summed E-state index contributed by atoms with van der Waals surface area (Å²) in [4.78, 5) is 31.7. The van der Waals surface area contributed by atoms with Gasteiger partial charge in [-0.05, 0) is 32.4 Å². The van der Waals surface area contributed by atoms with Gasteiger partial charge in [0.25, 0.3) is 0 Å². The van der Waals surface area contributed by atoms with Crippen molar-refractivity contribution >= 4 is 22.6 Å². The molecule has 0 bridgehead atoms. The van der Waals surface area contributed by atoms with Gasteiger partial charge >= 0.3 is 0 Å². The van der Waals surface area contributed by atoms with Crippen LogP contribution in [0.3, 0.4) is 0 Å². The lowest BCUT2D eigenvalue weighted by molar-refractivity contribution is -0.122. The number of fused-ring (bicyclic) bond motifs is 1. The number of hydrogen-bond donors (Lipinski definition) is 2. The number of aromatic amines is 1. The van der Waals surface area contributed by atoms with Crippen molar-refractivity contribution in [1.82, 2.24) is 35.0 Å². The van der Waals surface area contributed by atoms with Crippen LogP contribution in [-0.4, -0.2) is 49.7 Å². The zero-order valence-electron chi connectivity index (χ0n) is 19.0. The number of para-hydroxylation sites is 1. The molecule has 4 rings (SSSR count). The summed E-state index contributed by atoms with van der Waals surface area (Å²) in [5.41, 5.74) is 2.95. The third-order valence-electron chi connectivity index (χ3n) is 5.35. The maximum absolute atomic E-state index is 13.0. The first-order valence-electron chi connectivity index (χ1n) is 10.6. The lowest BCUT2D eigenvalue weighted by Crippen LogP contribution is -2.34. The van der Waals surface area contributed by atoms with Gasteiger partial charge in [0, 0.05) is 43.7 Å². The molecule has 4 aromatic rings. The third kappa shape index (κ3) is 4.61. The second kappa shape index (κ2) is 8.78. The highest BCUT2D eigenvalue weighted by molar-refractivity contribution is 5.83. The van der Waals surface area contributed by atoms with E-state index in [4.69, 9.17) is 0 Å². The van der Waals surface area contributed by atoms with Crippen molar-refractivity contribution in [2.45, 2.75) is 39.8 Å². The molecule has 0 saturated heterocycles. The average Bonchev–Trinajstić information content (AvgIpc) is 3.29. The van der Waals surface area contributed by atoms with E-state index in [-0.39, 0.29) is 18.5 Å². The Bertz CT molecular complexity index is 1260. The Morgan fingerprint density at radius 2 is 1.91 bits per heavy atom. The number of H-pyrrole nitrogens is 1. The number of nitrogens with one attached hydrogen (secondary N) is 2. The zero-order valence-corrected chi connectivity index (χ0v) is 19.0. The van der Waals surface area contributed by atoms with Crippen molar-refractivity contribution in [2.75, 3.05) is 19.0 Å². The molecule has 3 heterocycles. The zero-order chi connectivity index (χ0) is 22.8. The van der Waals surface area contributed by atoms with Gasteiger partial charge in [0.2, 0.25) is 5.91 Å². The number of carbonyl (C=O) groups excluding carboxylic acids is 1. The molecule has 3 aromatic heterocycles. The first-order chi connectivity index (χ1) is 15.3. The van der Waals surface area contributed by atoms with Gasteiger partial charge in [-0.2, -0.15) is 5.10 Å². The smallest absolute Gasteiger partial charge is 0.242 e. The van der Waals surface area contributed by atoms with E-state index in [1.165, 1.54) is 0 Å². The minimum atomic E-state index is -0.327. The summed E-state index contributed by atoms with van der Waals surface area (Å²) in [6.45, 7) is 5.62. The highest BCUT2D eigenvalue weighted by Crippen LogP contribution is 2.25. The Labute approximate surface area is 186 Å². The van der Waals surface area contributed by atoms with Gasteiger partial charge in [0.05, 0.1) is 11.7 Å². The molecular weight excluding hydrogens is 404 g/mol. The summed E-state index contributed by atoms with van der Waals surface area (Å²) < 4.78 is 1.61. The number of carbonyl (C=O) groups is 1. The molecule has 0 radical (unpaired) electrons. The van der Waals surface area contributed by atoms with Crippen molar-refractivity contribution in [1.29, 1.82) is 0 Å². The first-order valence-corrected chi connectivity index (χ1v) is 10.6. The van der Waals surface area contributed by atoms with Gasteiger partial charge in [0.1, 0.15) is 29.8 Å². The molecule has 0 spiro atoms. The lowest BCUT2D eigenvalue weighted by atomic mass is 10.0. The van der Waals surface area contributed by atoms with Crippen molar-refractivity contribution in [2.24, 2.45) is 0 Å². The number of rotatable bonds is 7. The number of amides is 1. The number of nitrogens with zero attached hydrogens (tertiary/aromatic N) is 6. The maximum Gasteiger partial charge on any atom is 0.242 e. The number of aryl methyl sites for hydroxylation is 3. The highest BCUT2D eigenvalue weighted by Gasteiger charge is 2.21. The summed E-state index contributed by atoms with van der Waals surface area (Å²) >= 11 is 0. The van der Waals surface area contributed by atoms with Crippen LogP contribution < -0.4 is 10.2 Å². The Balaban J connectivity index is 1.66. The van der Waals surface area contributed by atoms with E-state index in [9.17, 15) is 4.79 Å². The Morgan fingerprint density at radius 1 is 1.12 bits per heavy atom. The van der Waals surface area contributed by atoms with Crippen LogP contribution in [0.2, 0.25) is 0 Å². The van der Waals surface area contributed by atoms with Crippen LogP contribution in [0.1, 0.15) is 34.8 Å². The predicted molar refractivity (Wildman–Crippen MR) is 123 cm³/mol. The molecular formula is C23H28N8O. The number of anilines is 1. The van der Waals surface area contributed by atoms with Gasteiger partial charge in [-0.1, -0.05) is 18.2 Å². The van der Waals surface area contributed by atoms with Gasteiger partial charge in [-0.15, -0.1) is 0 Å². The maximum atomic E-state index is 13.0. The SMILES string of the molecule is Cc1nc(C(Cc2c[nH]c3ccccc23)NC(=O)Cn2nc(C)nc2C)cc(N(C)C)n1. The van der Waals surface area contributed by atoms with Crippen LogP contribution >= 0.6 is 0 Å². The fourth-order valence-electron chi connectivity index (χ4n) is 3.82. The minimum absolute atomic E-state index is 0.0989. The molecule has 0 saturated carbocycles. The second-order valence-electron chi connectivity index (χ2n) is 8.14. The molecule has 9 heteroatoms. The molecule has 2 N–H and O–H groups in total. The summed E-state index contributed by atoms with van der Waals surface area (Å²) in [5.74, 6) is 2.66. The molecule has 0 fully saturated rings. The second-order valence-corrected chi connectivity index (χ2v) is 8.14. The predicted octanol–water partition coefficient (Wildman–Crippen LogP) is 2.64. The van der Waals surface area contributed by atoms with Crippen molar-refractivity contribution in [3.63, 3.8) is 0 Å². The van der Waals surface area contributed by atoms with E-state index >= 15 is 0 Å². The normalized spacial score (nSPS) is 12.2. The monoisotopic (exact) mass is 432 g/mol. The van der Waals surface area contributed by atoms with Crippen LogP contribution in [0.15, 0.2) is 36.5 Å². The van der Waals surface area contributed by atoms with Crippen LogP contribution in [-0.2, 0) is 17.8 Å². The van der Waals surface area contributed by atoms with Crippen LogP contribution in [0.25, 0.3) is 10.9 Å².